The highest BCUT2D eigenvalue weighted by Crippen LogP contribution is 2.02. The molecule has 0 saturated heterocycles. The Morgan fingerprint density at radius 3 is 1.06 bits per heavy atom. The number of hydrogen-bond acceptors (Lipinski definition) is 0. The maximum Gasteiger partial charge on any atom is 0.147 e. The summed E-state index contributed by atoms with van der Waals surface area (Å²) in [5, 5.41) is 0. The van der Waals surface area contributed by atoms with Crippen molar-refractivity contribution in [1.29, 1.82) is 0 Å². The molecule has 82 valence electrons. The smallest absolute Gasteiger partial charge is 0.101 e. The van der Waals surface area contributed by atoms with Gasteiger partial charge >= 0.3 is 0 Å². The van der Waals surface area contributed by atoms with Crippen LogP contribution in [0, 0.1) is 0 Å². The molecule has 18 heavy (non-hydrogen) atoms. The third-order valence-electron chi connectivity index (χ3n) is 3.45. The van der Waals surface area contributed by atoms with Gasteiger partial charge in [0.25, 0.3) is 0 Å². The molecule has 0 nitrogen and oxygen atoms in total. The molecule has 8 radical (unpaired) electrons. The van der Waals surface area contributed by atoms with Gasteiger partial charge in [-0.1, -0.05) is 62.0 Å². The van der Waals surface area contributed by atoms with Crippen molar-refractivity contribution in [3.05, 3.63) is 11.1 Å². The van der Waals surface area contributed by atoms with E-state index in [2.05, 4.69) is 56.4 Å². The van der Waals surface area contributed by atoms with E-state index in [-0.39, 0.29) is 0 Å². The first-order valence-electron chi connectivity index (χ1n) is 6.49. The van der Waals surface area contributed by atoms with Crippen LogP contribution in [0.15, 0.2) is 0 Å². The van der Waals surface area contributed by atoms with E-state index in [1.807, 2.05) is 0 Å². The highest BCUT2D eigenvalue weighted by Gasteiger charge is 2.17. The van der Waals surface area contributed by atoms with Crippen LogP contribution in [0.1, 0.15) is 11.1 Å². The molecule has 1 rings (SSSR count). The van der Waals surface area contributed by atoms with Gasteiger partial charge in [0.05, 0.1) is 15.7 Å². The Hall–Kier alpha value is -0.390. The van der Waals surface area contributed by atoms with Gasteiger partial charge in [0.2, 0.25) is 0 Å². The van der Waals surface area contributed by atoms with Crippen molar-refractivity contribution in [2.75, 3.05) is 0 Å². The van der Waals surface area contributed by atoms with Gasteiger partial charge in [-0.15, -0.1) is 10.9 Å². The summed E-state index contributed by atoms with van der Waals surface area (Å²) >= 11 is 0. The van der Waals surface area contributed by atoms with Crippen LogP contribution in [0.5, 0.6) is 0 Å². The zero-order valence-electron chi connectivity index (χ0n) is 11.9. The highest BCUT2D eigenvalue weighted by molar-refractivity contribution is 6.77. The standard InChI is InChI=1S/C12H16B6/c1-15-9-7(5-13)8(6-14)10(16-2)12(18-4)11(9)17-3/h5-6H2,1-4H3. The van der Waals surface area contributed by atoms with Crippen molar-refractivity contribution in [3.8, 4) is 0 Å². The lowest BCUT2D eigenvalue weighted by Gasteiger charge is -2.25. The van der Waals surface area contributed by atoms with Gasteiger partial charge in [-0.2, -0.15) is 0 Å². The zero-order valence-corrected chi connectivity index (χ0v) is 11.9. The Morgan fingerprint density at radius 1 is 0.611 bits per heavy atom. The van der Waals surface area contributed by atoms with Crippen molar-refractivity contribution >= 4 is 66.7 Å². The maximum atomic E-state index is 5.93. The van der Waals surface area contributed by atoms with E-state index >= 15 is 0 Å². The molecule has 1 aromatic rings. The third kappa shape index (κ3) is 2.63. The Morgan fingerprint density at radius 2 is 0.889 bits per heavy atom. The Kier molecular flexibility index (Phi) is 6.32. The fraction of sp³-hybridized carbons (Fsp3) is 0.500. The van der Waals surface area contributed by atoms with E-state index in [1.54, 1.807) is 0 Å². The molecule has 0 aliphatic heterocycles. The summed E-state index contributed by atoms with van der Waals surface area (Å²) in [5.74, 6) is 0. The zero-order chi connectivity index (χ0) is 13.7. The summed E-state index contributed by atoms with van der Waals surface area (Å²) in [6.07, 6.45) is 1.05. The first-order chi connectivity index (χ1) is 8.69. The maximum absolute atomic E-state index is 5.93. The monoisotopic (exact) mass is 226 g/mol. The average molecular weight is 225 g/mol. The van der Waals surface area contributed by atoms with Gasteiger partial charge in [0, 0.05) is 0 Å². The summed E-state index contributed by atoms with van der Waals surface area (Å²) in [6.45, 7) is 8.24. The van der Waals surface area contributed by atoms with E-state index in [0.717, 1.165) is 0 Å². The van der Waals surface area contributed by atoms with E-state index in [9.17, 15) is 0 Å². The molecular weight excluding hydrogens is 209 g/mol. The fourth-order valence-corrected chi connectivity index (χ4v) is 2.69. The second-order valence-electron chi connectivity index (χ2n) is 4.17. The lowest BCUT2D eigenvalue weighted by molar-refractivity contribution is 1.31. The molecular formula is C12H16B6. The van der Waals surface area contributed by atoms with Crippen molar-refractivity contribution in [2.24, 2.45) is 0 Å². The van der Waals surface area contributed by atoms with E-state index in [1.165, 1.54) is 33.0 Å². The van der Waals surface area contributed by atoms with Crippen LogP contribution in [0.3, 0.4) is 0 Å². The van der Waals surface area contributed by atoms with Crippen LogP contribution in [0.25, 0.3) is 0 Å². The number of hydrogen-bond donors (Lipinski definition) is 0. The predicted octanol–water partition coefficient (Wildman–Crippen LogP) is -1.47. The largest absolute Gasteiger partial charge is 0.147 e. The Bertz CT molecular complexity index is 295. The molecule has 0 unspecified atom stereocenters. The molecule has 0 heterocycles. The average Bonchev–Trinajstić information content (AvgIpc) is 2.43. The number of rotatable bonds is 6. The minimum absolute atomic E-state index is 0.526. The van der Waals surface area contributed by atoms with Crippen LogP contribution in [-0.2, 0) is 12.6 Å². The second-order valence-corrected chi connectivity index (χ2v) is 4.17. The summed E-state index contributed by atoms with van der Waals surface area (Å²) in [7, 11) is 20.4. The second kappa shape index (κ2) is 7.26. The van der Waals surface area contributed by atoms with Crippen LogP contribution in [0.4, 0.5) is 0 Å². The lowest BCUT2D eigenvalue weighted by Crippen LogP contribution is -2.57. The molecule has 0 fully saturated rings. The SMILES string of the molecule is [B]Cc1c([B]C)c([B]C)c([B]C)c([B]C)c1C[B]. The molecule has 0 amide bonds. The molecule has 0 aliphatic rings. The van der Waals surface area contributed by atoms with Crippen LogP contribution in [0.2, 0.25) is 27.3 Å². The first kappa shape index (κ1) is 15.7. The summed E-state index contributed by atoms with van der Waals surface area (Å²) in [4.78, 5) is 0. The Balaban J connectivity index is 3.71. The van der Waals surface area contributed by atoms with Crippen LogP contribution >= 0.6 is 0 Å². The van der Waals surface area contributed by atoms with Gasteiger partial charge in [-0.05, 0) is 0 Å². The molecule has 0 bridgehead atoms. The van der Waals surface area contributed by atoms with Gasteiger partial charge in [0.15, 0.2) is 0 Å². The molecule has 0 atom stereocenters. The van der Waals surface area contributed by atoms with E-state index in [4.69, 9.17) is 15.7 Å². The number of benzene rings is 1. The molecule has 0 spiro atoms. The topological polar surface area (TPSA) is 0 Å². The van der Waals surface area contributed by atoms with E-state index < -0.39 is 0 Å². The van der Waals surface area contributed by atoms with Crippen molar-refractivity contribution in [2.45, 2.75) is 39.9 Å². The Labute approximate surface area is 118 Å². The first-order valence-corrected chi connectivity index (χ1v) is 6.49. The molecule has 0 N–H and O–H groups in total. The van der Waals surface area contributed by atoms with Crippen LogP contribution < -0.4 is 21.9 Å². The van der Waals surface area contributed by atoms with Gasteiger partial charge in [-0.25, -0.2) is 0 Å². The molecule has 0 aromatic heterocycles. The van der Waals surface area contributed by atoms with Crippen molar-refractivity contribution < 1.29 is 0 Å². The normalized spacial score (nSPS) is 10.0. The highest BCUT2D eigenvalue weighted by atomic mass is 14.1. The molecule has 6 heteroatoms. The predicted molar refractivity (Wildman–Crippen MR) is 90.4 cm³/mol. The summed E-state index contributed by atoms with van der Waals surface area (Å²) < 4.78 is 0. The minimum Gasteiger partial charge on any atom is -0.101 e. The summed E-state index contributed by atoms with van der Waals surface area (Å²) in [5.41, 5.74) is 7.30. The molecule has 1 aromatic carbocycles. The van der Waals surface area contributed by atoms with Gasteiger partial charge < -0.3 is 0 Å². The van der Waals surface area contributed by atoms with Crippen molar-refractivity contribution in [3.63, 3.8) is 0 Å². The minimum atomic E-state index is 0.526. The lowest BCUT2D eigenvalue weighted by atomic mass is 9.46. The van der Waals surface area contributed by atoms with Gasteiger partial charge in [-0.3, -0.25) is 0 Å². The van der Waals surface area contributed by atoms with Crippen LogP contribution in [-0.4, -0.2) is 44.8 Å². The quantitative estimate of drug-likeness (QED) is 0.519. The summed E-state index contributed by atoms with van der Waals surface area (Å²) in [6, 6.07) is 0. The van der Waals surface area contributed by atoms with Gasteiger partial charge in [0.1, 0.15) is 29.1 Å². The molecule has 0 aliphatic carbocycles. The molecule has 0 saturated carbocycles. The van der Waals surface area contributed by atoms with E-state index in [0.29, 0.717) is 12.6 Å². The third-order valence-corrected chi connectivity index (χ3v) is 3.45. The van der Waals surface area contributed by atoms with Crippen molar-refractivity contribution in [1.82, 2.24) is 0 Å². The fourth-order valence-electron chi connectivity index (χ4n) is 2.69.